The zero-order chi connectivity index (χ0) is 13.4. The molecule has 2 N–H and O–H groups in total. The summed E-state index contributed by atoms with van der Waals surface area (Å²) < 4.78 is 0. The molecule has 1 unspecified atom stereocenters. The van der Waals surface area contributed by atoms with Gasteiger partial charge in [0, 0.05) is 24.5 Å². The first kappa shape index (κ1) is 15.6. The third kappa shape index (κ3) is 7.11. The fourth-order valence-corrected chi connectivity index (χ4v) is 2.51. The smallest absolute Gasteiger partial charge is 0.0791 e. The maximum Gasteiger partial charge on any atom is 0.0791 e. The molecule has 0 saturated heterocycles. The Kier molecular flexibility index (Phi) is 7.51. The van der Waals surface area contributed by atoms with Gasteiger partial charge >= 0.3 is 0 Å². The highest BCUT2D eigenvalue weighted by molar-refractivity contribution is 7.09. The van der Waals surface area contributed by atoms with Crippen LogP contribution < -0.4 is 5.32 Å². The topological polar surface area (TPSA) is 35.5 Å². The number of likely N-dealkylation sites (N-methyl/N-ethyl adjacent to an activating group) is 1. The fraction of sp³-hybridized carbons (Fsp3) is 0.714. The monoisotopic (exact) mass is 270 g/mol. The van der Waals surface area contributed by atoms with Crippen molar-refractivity contribution in [1.29, 1.82) is 0 Å². The molecule has 4 heteroatoms. The first-order chi connectivity index (χ1) is 8.58. The van der Waals surface area contributed by atoms with Crippen LogP contribution in [0.4, 0.5) is 0 Å². The van der Waals surface area contributed by atoms with E-state index in [2.05, 4.69) is 48.6 Å². The molecule has 3 nitrogen and oxygen atoms in total. The molecular weight excluding hydrogens is 244 g/mol. The number of aliphatic hydroxyl groups excluding tert-OH is 1. The highest BCUT2D eigenvalue weighted by Gasteiger charge is 2.08. The van der Waals surface area contributed by atoms with Gasteiger partial charge in [0.15, 0.2) is 0 Å². The van der Waals surface area contributed by atoms with Crippen molar-refractivity contribution in [1.82, 2.24) is 10.2 Å². The third-order valence-corrected chi connectivity index (χ3v) is 3.71. The SMILES string of the molecule is CC(C)CNCC(O)CN(C)CCc1cccs1. The van der Waals surface area contributed by atoms with Gasteiger partial charge < -0.3 is 15.3 Å². The predicted octanol–water partition coefficient (Wildman–Crippen LogP) is 1.83. The van der Waals surface area contributed by atoms with E-state index in [0.717, 1.165) is 26.1 Å². The van der Waals surface area contributed by atoms with Gasteiger partial charge in [-0.2, -0.15) is 0 Å². The van der Waals surface area contributed by atoms with Crippen LogP contribution in [-0.4, -0.2) is 49.3 Å². The Bertz CT molecular complexity index is 301. The van der Waals surface area contributed by atoms with Gasteiger partial charge in [-0.05, 0) is 37.4 Å². The number of aliphatic hydroxyl groups is 1. The second-order valence-corrected chi connectivity index (χ2v) is 6.33. The maximum absolute atomic E-state index is 9.89. The lowest BCUT2D eigenvalue weighted by molar-refractivity contribution is 0.124. The van der Waals surface area contributed by atoms with Gasteiger partial charge in [0.25, 0.3) is 0 Å². The Balaban J connectivity index is 2.09. The Morgan fingerprint density at radius 3 is 2.78 bits per heavy atom. The number of hydrogen-bond donors (Lipinski definition) is 2. The van der Waals surface area contributed by atoms with E-state index in [1.165, 1.54) is 4.88 Å². The standard InChI is InChI=1S/C14H26N2OS/c1-12(2)9-15-10-13(17)11-16(3)7-6-14-5-4-8-18-14/h4-5,8,12-13,15,17H,6-7,9-11H2,1-3H3. The van der Waals surface area contributed by atoms with Gasteiger partial charge in [0.05, 0.1) is 6.10 Å². The second kappa shape index (κ2) is 8.64. The molecule has 0 aromatic carbocycles. The number of hydrogen-bond acceptors (Lipinski definition) is 4. The molecular formula is C14H26N2OS. The van der Waals surface area contributed by atoms with Crippen LogP contribution in [-0.2, 0) is 6.42 Å². The third-order valence-electron chi connectivity index (χ3n) is 2.77. The minimum absolute atomic E-state index is 0.280. The first-order valence-corrected chi connectivity index (χ1v) is 7.55. The summed E-state index contributed by atoms with van der Waals surface area (Å²) in [6.45, 7) is 7.73. The molecule has 0 radical (unpaired) electrons. The molecule has 0 spiro atoms. The normalized spacial score (nSPS) is 13.4. The van der Waals surface area contributed by atoms with E-state index < -0.39 is 0 Å². The van der Waals surface area contributed by atoms with Crippen molar-refractivity contribution >= 4 is 11.3 Å². The Labute approximate surface area is 115 Å². The minimum Gasteiger partial charge on any atom is -0.390 e. The summed E-state index contributed by atoms with van der Waals surface area (Å²) in [4.78, 5) is 3.61. The Morgan fingerprint density at radius 2 is 2.17 bits per heavy atom. The van der Waals surface area contributed by atoms with Gasteiger partial charge in [0.2, 0.25) is 0 Å². The van der Waals surface area contributed by atoms with Crippen molar-refractivity contribution in [2.75, 3.05) is 33.2 Å². The van der Waals surface area contributed by atoms with E-state index in [1.807, 2.05) is 0 Å². The largest absolute Gasteiger partial charge is 0.390 e. The molecule has 0 bridgehead atoms. The van der Waals surface area contributed by atoms with Crippen LogP contribution in [0.2, 0.25) is 0 Å². The van der Waals surface area contributed by atoms with E-state index in [4.69, 9.17) is 0 Å². The van der Waals surface area contributed by atoms with Crippen LogP contribution in [0.3, 0.4) is 0 Å². The molecule has 0 aliphatic heterocycles. The van der Waals surface area contributed by atoms with Crippen molar-refractivity contribution < 1.29 is 5.11 Å². The molecule has 0 amide bonds. The summed E-state index contributed by atoms with van der Waals surface area (Å²) in [6.07, 6.45) is 0.789. The Hall–Kier alpha value is -0.420. The summed E-state index contributed by atoms with van der Waals surface area (Å²) in [5.74, 6) is 0.633. The van der Waals surface area contributed by atoms with E-state index in [-0.39, 0.29) is 6.10 Å². The van der Waals surface area contributed by atoms with Gasteiger partial charge in [-0.15, -0.1) is 11.3 Å². The van der Waals surface area contributed by atoms with Crippen molar-refractivity contribution in [3.8, 4) is 0 Å². The van der Waals surface area contributed by atoms with Crippen LogP contribution >= 0.6 is 11.3 Å². The average Bonchev–Trinajstić information content (AvgIpc) is 2.78. The lowest BCUT2D eigenvalue weighted by atomic mass is 10.2. The van der Waals surface area contributed by atoms with Gasteiger partial charge in [-0.1, -0.05) is 19.9 Å². The van der Waals surface area contributed by atoms with Crippen LogP contribution in [0, 0.1) is 5.92 Å². The molecule has 0 aliphatic carbocycles. The molecule has 1 heterocycles. The van der Waals surface area contributed by atoms with Crippen molar-refractivity contribution in [3.05, 3.63) is 22.4 Å². The van der Waals surface area contributed by atoms with Gasteiger partial charge in [0.1, 0.15) is 0 Å². The van der Waals surface area contributed by atoms with E-state index >= 15 is 0 Å². The highest BCUT2D eigenvalue weighted by Crippen LogP contribution is 2.09. The molecule has 1 rings (SSSR count). The molecule has 1 atom stereocenters. The lowest BCUT2D eigenvalue weighted by Gasteiger charge is -2.21. The summed E-state index contributed by atoms with van der Waals surface area (Å²) in [5, 5.41) is 15.3. The summed E-state index contributed by atoms with van der Waals surface area (Å²) >= 11 is 1.80. The lowest BCUT2D eigenvalue weighted by Crippen LogP contribution is -2.38. The number of nitrogens with zero attached hydrogens (tertiary/aromatic N) is 1. The molecule has 0 aliphatic rings. The number of rotatable bonds is 9. The van der Waals surface area contributed by atoms with Crippen molar-refractivity contribution in [2.24, 2.45) is 5.92 Å². The predicted molar refractivity (Wildman–Crippen MR) is 79.2 cm³/mol. The van der Waals surface area contributed by atoms with E-state index in [1.54, 1.807) is 11.3 Å². The minimum atomic E-state index is -0.280. The molecule has 18 heavy (non-hydrogen) atoms. The van der Waals surface area contributed by atoms with E-state index in [9.17, 15) is 5.11 Å². The number of thiophene rings is 1. The Morgan fingerprint density at radius 1 is 1.39 bits per heavy atom. The zero-order valence-electron chi connectivity index (χ0n) is 11.7. The van der Waals surface area contributed by atoms with Crippen LogP contribution in [0.15, 0.2) is 17.5 Å². The van der Waals surface area contributed by atoms with Crippen molar-refractivity contribution in [2.45, 2.75) is 26.4 Å². The van der Waals surface area contributed by atoms with Gasteiger partial charge in [-0.3, -0.25) is 0 Å². The molecule has 1 aromatic heterocycles. The summed E-state index contributed by atoms with van der Waals surface area (Å²) in [5.41, 5.74) is 0. The molecule has 104 valence electrons. The van der Waals surface area contributed by atoms with Crippen LogP contribution in [0.5, 0.6) is 0 Å². The van der Waals surface area contributed by atoms with Gasteiger partial charge in [-0.25, -0.2) is 0 Å². The van der Waals surface area contributed by atoms with E-state index in [0.29, 0.717) is 12.5 Å². The molecule has 1 aromatic rings. The summed E-state index contributed by atoms with van der Waals surface area (Å²) in [6, 6.07) is 4.25. The quantitative estimate of drug-likeness (QED) is 0.718. The average molecular weight is 270 g/mol. The molecule has 0 fully saturated rings. The number of nitrogens with one attached hydrogen (secondary N) is 1. The van der Waals surface area contributed by atoms with Crippen molar-refractivity contribution in [3.63, 3.8) is 0 Å². The van der Waals surface area contributed by atoms with Crippen LogP contribution in [0.25, 0.3) is 0 Å². The second-order valence-electron chi connectivity index (χ2n) is 5.30. The molecule has 0 saturated carbocycles. The highest BCUT2D eigenvalue weighted by atomic mass is 32.1. The van der Waals surface area contributed by atoms with Crippen LogP contribution in [0.1, 0.15) is 18.7 Å². The zero-order valence-corrected chi connectivity index (χ0v) is 12.5. The maximum atomic E-state index is 9.89. The first-order valence-electron chi connectivity index (χ1n) is 6.67. The fourth-order valence-electron chi connectivity index (χ4n) is 1.81. The summed E-state index contributed by atoms with van der Waals surface area (Å²) in [7, 11) is 2.07.